The number of hydrogen-bond donors (Lipinski definition) is 1. The Morgan fingerprint density at radius 3 is 2.62 bits per heavy atom. The van der Waals surface area contributed by atoms with Crippen LogP contribution in [0.3, 0.4) is 0 Å². The maximum atomic E-state index is 5.46. The van der Waals surface area contributed by atoms with Gasteiger partial charge in [0.1, 0.15) is 0 Å². The lowest BCUT2D eigenvalue weighted by Crippen LogP contribution is -2.31. The summed E-state index contributed by atoms with van der Waals surface area (Å²) < 4.78 is 8.38. The molecule has 92 valence electrons. The van der Waals surface area contributed by atoms with Gasteiger partial charge in [0.05, 0.1) is 28.0 Å². The molecule has 0 aliphatic carbocycles. The lowest BCUT2D eigenvalue weighted by atomic mass is 9.97. The Balaban J connectivity index is 2.91. The van der Waals surface area contributed by atoms with Crippen molar-refractivity contribution in [3.63, 3.8) is 0 Å². The van der Waals surface area contributed by atoms with E-state index in [9.17, 15) is 0 Å². The summed E-state index contributed by atoms with van der Waals surface area (Å²) in [6.07, 6.45) is 2.71. The van der Waals surface area contributed by atoms with Crippen LogP contribution in [0, 0.1) is 0 Å². The van der Waals surface area contributed by atoms with Gasteiger partial charge in [0.2, 0.25) is 0 Å². The molecule has 0 spiro atoms. The van der Waals surface area contributed by atoms with Crippen LogP contribution in [0.2, 0.25) is 0 Å². The largest absolute Gasteiger partial charge is 0.379 e. The summed E-state index contributed by atoms with van der Waals surface area (Å²) in [7, 11) is 5.64. The van der Waals surface area contributed by atoms with E-state index in [1.54, 1.807) is 7.11 Å². The molecule has 1 aromatic rings. The molecule has 4 nitrogen and oxygen atoms in total. The summed E-state index contributed by atoms with van der Waals surface area (Å²) in [5.41, 5.74) is 0.991. The first-order valence-corrected chi connectivity index (χ1v) is 6.10. The van der Waals surface area contributed by atoms with E-state index in [1.807, 2.05) is 25.0 Å². The van der Waals surface area contributed by atoms with E-state index >= 15 is 0 Å². The van der Waals surface area contributed by atoms with E-state index in [0.717, 1.165) is 16.6 Å². The van der Waals surface area contributed by atoms with Gasteiger partial charge in [-0.3, -0.25) is 4.68 Å². The van der Waals surface area contributed by atoms with Crippen molar-refractivity contribution >= 4 is 15.9 Å². The minimum absolute atomic E-state index is 0.155. The third-order valence-electron chi connectivity index (χ3n) is 2.86. The van der Waals surface area contributed by atoms with Crippen molar-refractivity contribution in [1.82, 2.24) is 15.1 Å². The van der Waals surface area contributed by atoms with Crippen LogP contribution in [0.5, 0.6) is 0 Å². The van der Waals surface area contributed by atoms with Crippen LogP contribution in [0.4, 0.5) is 0 Å². The zero-order valence-corrected chi connectivity index (χ0v) is 12.1. The van der Waals surface area contributed by atoms with E-state index in [0.29, 0.717) is 0 Å². The van der Waals surface area contributed by atoms with Crippen LogP contribution in [-0.4, -0.2) is 29.5 Å². The molecule has 0 saturated heterocycles. The normalized spacial score (nSPS) is 14.1. The lowest BCUT2D eigenvalue weighted by molar-refractivity contribution is 0.00677. The van der Waals surface area contributed by atoms with Gasteiger partial charge in [-0.15, -0.1) is 0 Å². The van der Waals surface area contributed by atoms with Crippen molar-refractivity contribution in [1.29, 1.82) is 0 Å². The molecule has 16 heavy (non-hydrogen) atoms. The van der Waals surface area contributed by atoms with E-state index in [4.69, 9.17) is 4.74 Å². The molecule has 1 N–H and O–H groups in total. The van der Waals surface area contributed by atoms with Crippen LogP contribution >= 0.6 is 15.9 Å². The molecule has 1 heterocycles. The van der Waals surface area contributed by atoms with Gasteiger partial charge < -0.3 is 10.1 Å². The SMILES string of the molecule is CNC(CC(C)(C)OC)c1c(Br)cnn1C. The molecule has 0 fully saturated rings. The number of hydrogen-bond acceptors (Lipinski definition) is 3. The number of methoxy groups -OCH3 is 1. The summed E-state index contributed by atoms with van der Waals surface area (Å²) in [6.45, 7) is 4.17. The summed E-state index contributed by atoms with van der Waals surface area (Å²) in [5.74, 6) is 0. The highest BCUT2D eigenvalue weighted by molar-refractivity contribution is 9.10. The molecule has 0 bridgehead atoms. The molecule has 5 heteroatoms. The first-order valence-electron chi connectivity index (χ1n) is 5.31. The third kappa shape index (κ3) is 3.06. The molecule has 0 aliphatic rings. The second-order valence-corrected chi connectivity index (χ2v) is 5.36. The first-order chi connectivity index (χ1) is 7.41. The quantitative estimate of drug-likeness (QED) is 0.904. The van der Waals surface area contributed by atoms with Gasteiger partial charge in [-0.2, -0.15) is 5.10 Å². The maximum Gasteiger partial charge on any atom is 0.0693 e. The van der Waals surface area contributed by atoms with Gasteiger partial charge in [0.25, 0.3) is 0 Å². The average molecular weight is 290 g/mol. The Labute approximate surface area is 105 Å². The second kappa shape index (κ2) is 5.29. The summed E-state index contributed by atoms with van der Waals surface area (Å²) in [5, 5.41) is 7.54. The van der Waals surface area contributed by atoms with Crippen molar-refractivity contribution in [3.05, 3.63) is 16.4 Å². The smallest absolute Gasteiger partial charge is 0.0693 e. The Kier molecular flexibility index (Phi) is 4.52. The summed E-state index contributed by atoms with van der Waals surface area (Å²) in [6, 6.07) is 0.219. The van der Waals surface area contributed by atoms with Gasteiger partial charge in [0.15, 0.2) is 0 Å². The van der Waals surface area contributed by atoms with Crippen molar-refractivity contribution in [3.8, 4) is 0 Å². The zero-order valence-electron chi connectivity index (χ0n) is 10.5. The highest BCUT2D eigenvalue weighted by Gasteiger charge is 2.26. The number of aryl methyl sites for hydroxylation is 1. The molecule has 0 saturated carbocycles. The monoisotopic (exact) mass is 289 g/mol. The predicted octanol–water partition coefficient (Wildman–Crippen LogP) is 2.26. The van der Waals surface area contributed by atoms with Gasteiger partial charge >= 0.3 is 0 Å². The number of aromatic nitrogens is 2. The Hall–Kier alpha value is -0.390. The van der Waals surface area contributed by atoms with Crippen LogP contribution in [-0.2, 0) is 11.8 Å². The van der Waals surface area contributed by atoms with Crippen molar-refractivity contribution in [2.45, 2.75) is 31.9 Å². The molecule has 0 amide bonds. The number of ether oxygens (including phenoxy) is 1. The topological polar surface area (TPSA) is 39.1 Å². The van der Waals surface area contributed by atoms with Gasteiger partial charge in [-0.1, -0.05) is 0 Å². The first kappa shape index (κ1) is 13.7. The summed E-state index contributed by atoms with van der Waals surface area (Å²) >= 11 is 3.52. The Bertz CT molecular complexity index is 329. The van der Waals surface area contributed by atoms with Crippen molar-refractivity contribution in [2.75, 3.05) is 14.2 Å². The molecule has 0 aliphatic heterocycles. The molecular formula is C11H20BrN3O. The predicted molar refractivity (Wildman–Crippen MR) is 68.4 cm³/mol. The van der Waals surface area contributed by atoms with Crippen LogP contribution in [0.25, 0.3) is 0 Å². The molecule has 0 aromatic carbocycles. The van der Waals surface area contributed by atoms with Crippen molar-refractivity contribution < 1.29 is 4.74 Å². The number of halogens is 1. The summed E-state index contributed by atoms with van der Waals surface area (Å²) in [4.78, 5) is 0. The number of nitrogens with zero attached hydrogens (tertiary/aromatic N) is 2. The minimum atomic E-state index is -0.155. The minimum Gasteiger partial charge on any atom is -0.379 e. The van der Waals surface area contributed by atoms with Gasteiger partial charge in [0, 0.05) is 14.2 Å². The zero-order chi connectivity index (χ0) is 12.3. The highest BCUT2D eigenvalue weighted by Crippen LogP contribution is 2.29. The fourth-order valence-corrected chi connectivity index (χ4v) is 2.35. The van der Waals surface area contributed by atoms with Gasteiger partial charge in [-0.25, -0.2) is 0 Å². The van der Waals surface area contributed by atoms with E-state index in [-0.39, 0.29) is 11.6 Å². The van der Waals surface area contributed by atoms with Gasteiger partial charge in [-0.05, 0) is 43.2 Å². The van der Waals surface area contributed by atoms with E-state index < -0.39 is 0 Å². The highest BCUT2D eigenvalue weighted by atomic mass is 79.9. The molecular weight excluding hydrogens is 270 g/mol. The van der Waals surface area contributed by atoms with E-state index in [1.165, 1.54) is 0 Å². The number of nitrogens with one attached hydrogen (secondary N) is 1. The third-order valence-corrected chi connectivity index (χ3v) is 3.48. The molecule has 0 radical (unpaired) electrons. The van der Waals surface area contributed by atoms with E-state index in [2.05, 4.69) is 40.2 Å². The molecule has 1 rings (SSSR count). The molecule has 1 atom stereocenters. The van der Waals surface area contributed by atoms with Crippen LogP contribution in [0.15, 0.2) is 10.7 Å². The standard InChI is InChI=1S/C11H20BrN3O/c1-11(2,16-5)6-9(13-3)10-8(12)7-14-15(10)4/h7,9,13H,6H2,1-5H3. The average Bonchev–Trinajstić information content (AvgIpc) is 2.56. The fraction of sp³-hybridized carbons (Fsp3) is 0.727. The maximum absolute atomic E-state index is 5.46. The molecule has 1 unspecified atom stereocenters. The molecule has 1 aromatic heterocycles. The lowest BCUT2D eigenvalue weighted by Gasteiger charge is -2.28. The Morgan fingerprint density at radius 2 is 2.25 bits per heavy atom. The van der Waals surface area contributed by atoms with Crippen molar-refractivity contribution in [2.24, 2.45) is 7.05 Å². The second-order valence-electron chi connectivity index (χ2n) is 4.51. The number of rotatable bonds is 5. The van der Waals surface area contributed by atoms with Crippen LogP contribution in [0.1, 0.15) is 32.0 Å². The van der Waals surface area contributed by atoms with Crippen LogP contribution < -0.4 is 5.32 Å². The Morgan fingerprint density at radius 1 is 1.62 bits per heavy atom. The fourth-order valence-electron chi connectivity index (χ4n) is 1.72.